The van der Waals surface area contributed by atoms with Crippen molar-refractivity contribution in [3.8, 4) is 0 Å². The highest BCUT2D eigenvalue weighted by atomic mass is 79.9. The molecule has 1 aromatic carbocycles. The van der Waals surface area contributed by atoms with Gasteiger partial charge in [-0.1, -0.05) is 18.2 Å². The molecule has 0 fully saturated rings. The van der Waals surface area contributed by atoms with Gasteiger partial charge >= 0.3 is 0 Å². The number of rotatable bonds is 0. The quantitative estimate of drug-likeness (QED) is 0.659. The monoisotopic (exact) mass is 227 g/mol. The average molecular weight is 228 g/mol. The second-order valence-electron chi connectivity index (χ2n) is 3.29. The summed E-state index contributed by atoms with van der Waals surface area (Å²) in [7, 11) is 2.16. The van der Waals surface area contributed by atoms with Gasteiger partial charge in [-0.2, -0.15) is 0 Å². The predicted octanol–water partition coefficient (Wildman–Crippen LogP) is 2.65. The van der Waals surface area contributed by atoms with Crippen LogP contribution in [0.3, 0.4) is 0 Å². The Balaban J connectivity index is 0.000000720. The number of likely N-dealkylation sites (N-methyl/N-ethyl adjacent to an activating group) is 1. The molecule has 0 aromatic heterocycles. The molecule has 1 aromatic rings. The van der Waals surface area contributed by atoms with Crippen molar-refractivity contribution >= 4 is 22.7 Å². The molecule has 0 spiro atoms. The molecule has 0 radical (unpaired) electrons. The van der Waals surface area contributed by atoms with E-state index in [4.69, 9.17) is 0 Å². The summed E-state index contributed by atoms with van der Waals surface area (Å²) in [5.41, 5.74) is 2.89. The second kappa shape index (κ2) is 3.48. The van der Waals surface area contributed by atoms with Crippen LogP contribution in [0.1, 0.15) is 12.5 Å². The van der Waals surface area contributed by atoms with E-state index in [1.165, 1.54) is 17.7 Å². The van der Waals surface area contributed by atoms with Crippen LogP contribution >= 0.6 is 17.0 Å². The maximum Gasteiger partial charge on any atom is 0.0399 e. The molecule has 1 aliphatic rings. The lowest BCUT2D eigenvalue weighted by molar-refractivity contribution is 0.732. The fraction of sp³-hybridized carbons (Fsp3) is 0.400. The second-order valence-corrected chi connectivity index (χ2v) is 3.29. The van der Waals surface area contributed by atoms with Crippen molar-refractivity contribution < 1.29 is 0 Å². The number of hydrogen-bond donors (Lipinski definition) is 0. The molecule has 0 bridgehead atoms. The number of benzene rings is 1. The van der Waals surface area contributed by atoms with Gasteiger partial charge in [-0.05, 0) is 25.0 Å². The van der Waals surface area contributed by atoms with E-state index in [-0.39, 0.29) is 17.0 Å². The van der Waals surface area contributed by atoms with E-state index in [1.807, 2.05) is 0 Å². The van der Waals surface area contributed by atoms with Crippen LogP contribution < -0.4 is 4.90 Å². The van der Waals surface area contributed by atoms with Crippen LogP contribution in [0, 0.1) is 0 Å². The molecule has 0 amide bonds. The Morgan fingerprint density at radius 3 is 2.67 bits per heavy atom. The van der Waals surface area contributed by atoms with Crippen LogP contribution in [0.5, 0.6) is 0 Å². The third-order valence-corrected chi connectivity index (χ3v) is 2.55. The Kier molecular flexibility index (Phi) is 2.78. The SMILES string of the molecule is Br.CC1Cc2ccccc2N1C. The molecule has 0 saturated carbocycles. The van der Waals surface area contributed by atoms with Gasteiger partial charge in [-0.15, -0.1) is 17.0 Å². The van der Waals surface area contributed by atoms with E-state index in [0.717, 1.165) is 0 Å². The molecule has 0 aliphatic carbocycles. The molecule has 1 heterocycles. The van der Waals surface area contributed by atoms with Gasteiger partial charge in [0, 0.05) is 18.8 Å². The smallest absolute Gasteiger partial charge is 0.0399 e. The largest absolute Gasteiger partial charge is 0.371 e. The zero-order valence-electron chi connectivity index (χ0n) is 7.45. The van der Waals surface area contributed by atoms with E-state index < -0.39 is 0 Å². The molecule has 1 unspecified atom stereocenters. The summed E-state index contributed by atoms with van der Waals surface area (Å²) in [5.74, 6) is 0. The van der Waals surface area contributed by atoms with Crippen molar-refractivity contribution in [2.45, 2.75) is 19.4 Å². The predicted molar refractivity (Wildman–Crippen MR) is 58.3 cm³/mol. The fourth-order valence-electron chi connectivity index (χ4n) is 1.72. The normalized spacial score (nSPS) is 20.2. The van der Waals surface area contributed by atoms with Gasteiger partial charge in [-0.3, -0.25) is 0 Å². The molecule has 2 rings (SSSR count). The van der Waals surface area contributed by atoms with E-state index in [9.17, 15) is 0 Å². The van der Waals surface area contributed by atoms with E-state index in [1.54, 1.807) is 0 Å². The minimum atomic E-state index is 0. The Hall–Kier alpha value is -0.500. The van der Waals surface area contributed by atoms with Crippen LogP contribution in [0.25, 0.3) is 0 Å². The Morgan fingerprint density at radius 2 is 2.00 bits per heavy atom. The minimum Gasteiger partial charge on any atom is -0.371 e. The number of fused-ring (bicyclic) bond motifs is 1. The highest BCUT2D eigenvalue weighted by Crippen LogP contribution is 2.29. The summed E-state index contributed by atoms with van der Waals surface area (Å²) in [4.78, 5) is 2.34. The lowest BCUT2D eigenvalue weighted by atomic mass is 10.1. The van der Waals surface area contributed by atoms with E-state index in [0.29, 0.717) is 6.04 Å². The zero-order chi connectivity index (χ0) is 7.84. The summed E-state index contributed by atoms with van der Waals surface area (Å²) in [5, 5.41) is 0. The molecule has 0 saturated heterocycles. The van der Waals surface area contributed by atoms with E-state index >= 15 is 0 Å². The summed E-state index contributed by atoms with van der Waals surface area (Å²) in [6.45, 7) is 2.26. The standard InChI is InChI=1S/C10H13N.BrH/c1-8-7-9-5-3-4-6-10(9)11(8)2;/h3-6,8H,7H2,1-2H3;1H. The summed E-state index contributed by atoms with van der Waals surface area (Å²) < 4.78 is 0. The average Bonchev–Trinajstić information content (AvgIpc) is 2.30. The first-order valence-electron chi connectivity index (χ1n) is 4.10. The summed E-state index contributed by atoms with van der Waals surface area (Å²) >= 11 is 0. The Morgan fingerprint density at radius 1 is 1.33 bits per heavy atom. The lowest BCUT2D eigenvalue weighted by Gasteiger charge is -2.17. The minimum absolute atomic E-state index is 0. The molecule has 12 heavy (non-hydrogen) atoms. The van der Waals surface area contributed by atoms with Crippen LogP contribution in [0.2, 0.25) is 0 Å². The maximum absolute atomic E-state index is 2.34. The number of halogens is 1. The van der Waals surface area contributed by atoms with Crippen LogP contribution in [-0.2, 0) is 6.42 Å². The molecule has 66 valence electrons. The third kappa shape index (κ3) is 1.36. The number of anilines is 1. The van der Waals surface area contributed by atoms with Crippen LogP contribution in [0.15, 0.2) is 24.3 Å². The molecular formula is C10H14BrN. The molecule has 1 aliphatic heterocycles. The maximum atomic E-state index is 2.34. The molecular weight excluding hydrogens is 214 g/mol. The van der Waals surface area contributed by atoms with Crippen molar-refractivity contribution in [1.82, 2.24) is 0 Å². The third-order valence-electron chi connectivity index (χ3n) is 2.55. The van der Waals surface area contributed by atoms with Crippen molar-refractivity contribution in [3.63, 3.8) is 0 Å². The first-order valence-corrected chi connectivity index (χ1v) is 4.10. The molecule has 1 nitrogen and oxygen atoms in total. The topological polar surface area (TPSA) is 3.24 Å². The lowest BCUT2D eigenvalue weighted by Crippen LogP contribution is -2.23. The number of nitrogens with zero attached hydrogens (tertiary/aromatic N) is 1. The highest BCUT2D eigenvalue weighted by Gasteiger charge is 2.21. The van der Waals surface area contributed by atoms with Gasteiger partial charge in [0.1, 0.15) is 0 Å². The molecule has 2 heteroatoms. The van der Waals surface area contributed by atoms with Crippen molar-refractivity contribution in [2.75, 3.05) is 11.9 Å². The van der Waals surface area contributed by atoms with Gasteiger partial charge in [0.05, 0.1) is 0 Å². The number of para-hydroxylation sites is 1. The van der Waals surface area contributed by atoms with Gasteiger partial charge in [0.2, 0.25) is 0 Å². The van der Waals surface area contributed by atoms with Gasteiger partial charge in [0.15, 0.2) is 0 Å². The Bertz CT molecular complexity index is 272. The zero-order valence-corrected chi connectivity index (χ0v) is 9.16. The first-order chi connectivity index (χ1) is 5.29. The van der Waals surface area contributed by atoms with E-state index in [2.05, 4.69) is 43.1 Å². The van der Waals surface area contributed by atoms with Gasteiger partial charge in [-0.25, -0.2) is 0 Å². The van der Waals surface area contributed by atoms with Gasteiger partial charge in [0.25, 0.3) is 0 Å². The summed E-state index contributed by atoms with van der Waals surface area (Å²) in [6, 6.07) is 9.30. The summed E-state index contributed by atoms with van der Waals surface area (Å²) in [6.07, 6.45) is 1.20. The molecule has 0 N–H and O–H groups in total. The fourth-order valence-corrected chi connectivity index (χ4v) is 1.72. The van der Waals surface area contributed by atoms with Crippen LogP contribution in [-0.4, -0.2) is 13.1 Å². The highest BCUT2D eigenvalue weighted by molar-refractivity contribution is 8.93. The molecule has 1 atom stereocenters. The first kappa shape index (κ1) is 9.59. The van der Waals surface area contributed by atoms with Crippen LogP contribution in [0.4, 0.5) is 5.69 Å². The van der Waals surface area contributed by atoms with Crippen molar-refractivity contribution in [2.24, 2.45) is 0 Å². The number of hydrogen-bond acceptors (Lipinski definition) is 1. The van der Waals surface area contributed by atoms with Crippen molar-refractivity contribution in [1.29, 1.82) is 0 Å². The van der Waals surface area contributed by atoms with Gasteiger partial charge < -0.3 is 4.90 Å². The van der Waals surface area contributed by atoms with Crippen molar-refractivity contribution in [3.05, 3.63) is 29.8 Å². The Labute approximate surface area is 84.2 Å².